The SMILES string of the molecule is CCCN1C(=O)c2ccccc2NC1c1cccc(O)c1. The average Bonchev–Trinajstić information content (AvgIpc) is 2.50. The maximum absolute atomic E-state index is 12.7. The Bertz CT molecular complexity index is 669. The van der Waals surface area contributed by atoms with E-state index in [4.69, 9.17) is 0 Å². The molecule has 0 aromatic heterocycles. The van der Waals surface area contributed by atoms with Gasteiger partial charge >= 0.3 is 0 Å². The van der Waals surface area contributed by atoms with Crippen molar-refractivity contribution in [3.05, 3.63) is 59.7 Å². The van der Waals surface area contributed by atoms with Crippen molar-refractivity contribution in [1.29, 1.82) is 0 Å². The van der Waals surface area contributed by atoms with E-state index >= 15 is 0 Å². The first-order valence-corrected chi connectivity index (χ1v) is 7.16. The number of rotatable bonds is 3. The van der Waals surface area contributed by atoms with Crippen LogP contribution in [-0.4, -0.2) is 22.5 Å². The molecule has 1 unspecified atom stereocenters. The quantitative estimate of drug-likeness (QED) is 0.907. The normalized spacial score (nSPS) is 17.3. The second kappa shape index (κ2) is 5.48. The monoisotopic (exact) mass is 282 g/mol. The third-order valence-electron chi connectivity index (χ3n) is 3.67. The Kier molecular flexibility index (Phi) is 3.52. The molecule has 0 aliphatic carbocycles. The molecule has 0 saturated heterocycles. The van der Waals surface area contributed by atoms with Crippen LogP contribution in [0, 0.1) is 0 Å². The van der Waals surface area contributed by atoms with Crippen LogP contribution in [0.15, 0.2) is 48.5 Å². The van der Waals surface area contributed by atoms with Crippen LogP contribution in [0.25, 0.3) is 0 Å². The zero-order chi connectivity index (χ0) is 14.8. The molecular formula is C17H18N2O2. The molecule has 1 heterocycles. The fourth-order valence-electron chi connectivity index (χ4n) is 2.72. The Hall–Kier alpha value is -2.49. The Balaban J connectivity index is 2.04. The number of anilines is 1. The highest BCUT2D eigenvalue weighted by atomic mass is 16.3. The number of carbonyl (C=O) groups excluding carboxylic acids is 1. The highest BCUT2D eigenvalue weighted by Crippen LogP contribution is 2.33. The van der Waals surface area contributed by atoms with Gasteiger partial charge in [0, 0.05) is 12.2 Å². The minimum absolute atomic E-state index is 0.0274. The van der Waals surface area contributed by atoms with Crippen LogP contribution in [0.4, 0.5) is 5.69 Å². The largest absolute Gasteiger partial charge is 0.508 e. The smallest absolute Gasteiger partial charge is 0.257 e. The summed E-state index contributed by atoms with van der Waals surface area (Å²) in [6, 6.07) is 14.6. The van der Waals surface area contributed by atoms with Crippen LogP contribution in [0.2, 0.25) is 0 Å². The van der Waals surface area contributed by atoms with Crippen molar-refractivity contribution in [2.24, 2.45) is 0 Å². The van der Waals surface area contributed by atoms with E-state index in [1.807, 2.05) is 42.2 Å². The zero-order valence-electron chi connectivity index (χ0n) is 11.9. The zero-order valence-corrected chi connectivity index (χ0v) is 11.9. The van der Waals surface area contributed by atoms with Gasteiger partial charge < -0.3 is 15.3 Å². The molecule has 4 heteroatoms. The molecule has 0 fully saturated rings. The standard InChI is InChI=1S/C17H18N2O2/c1-2-10-19-16(12-6-5-7-13(20)11-12)18-15-9-4-3-8-14(15)17(19)21/h3-9,11,16,18,20H,2,10H2,1H3. The van der Waals surface area contributed by atoms with Crippen molar-refractivity contribution in [2.45, 2.75) is 19.5 Å². The fourth-order valence-corrected chi connectivity index (χ4v) is 2.72. The van der Waals surface area contributed by atoms with Gasteiger partial charge in [-0.15, -0.1) is 0 Å². The third-order valence-corrected chi connectivity index (χ3v) is 3.67. The number of nitrogens with zero attached hydrogens (tertiary/aromatic N) is 1. The van der Waals surface area contributed by atoms with Crippen molar-refractivity contribution in [1.82, 2.24) is 4.90 Å². The lowest BCUT2D eigenvalue weighted by Gasteiger charge is -2.38. The number of para-hydroxylation sites is 1. The minimum Gasteiger partial charge on any atom is -0.508 e. The first-order chi connectivity index (χ1) is 10.2. The van der Waals surface area contributed by atoms with E-state index in [0.29, 0.717) is 12.1 Å². The molecule has 1 aliphatic heterocycles. The summed E-state index contributed by atoms with van der Waals surface area (Å²) in [6.45, 7) is 2.72. The van der Waals surface area contributed by atoms with Gasteiger partial charge in [0.25, 0.3) is 5.91 Å². The lowest BCUT2D eigenvalue weighted by molar-refractivity contribution is 0.0683. The van der Waals surface area contributed by atoms with E-state index in [1.54, 1.807) is 18.2 Å². The summed E-state index contributed by atoms with van der Waals surface area (Å²) in [5, 5.41) is 13.1. The van der Waals surface area contributed by atoms with E-state index < -0.39 is 0 Å². The molecule has 0 saturated carbocycles. The molecule has 0 bridgehead atoms. The summed E-state index contributed by atoms with van der Waals surface area (Å²) in [6.07, 6.45) is 0.629. The first kappa shape index (κ1) is 13.5. The molecular weight excluding hydrogens is 264 g/mol. The summed E-state index contributed by atoms with van der Waals surface area (Å²) >= 11 is 0. The van der Waals surface area contributed by atoms with E-state index in [1.165, 1.54) is 0 Å². The van der Waals surface area contributed by atoms with Crippen molar-refractivity contribution < 1.29 is 9.90 Å². The number of hydrogen-bond donors (Lipinski definition) is 2. The van der Waals surface area contributed by atoms with Gasteiger partial charge in [-0.25, -0.2) is 0 Å². The first-order valence-electron chi connectivity index (χ1n) is 7.16. The average molecular weight is 282 g/mol. The number of aromatic hydroxyl groups is 1. The number of hydrogen-bond acceptors (Lipinski definition) is 3. The molecule has 2 aromatic rings. The third kappa shape index (κ3) is 2.44. The molecule has 2 N–H and O–H groups in total. The fraction of sp³-hybridized carbons (Fsp3) is 0.235. The molecule has 0 radical (unpaired) electrons. The molecule has 1 atom stereocenters. The van der Waals surface area contributed by atoms with E-state index in [0.717, 1.165) is 17.7 Å². The predicted octanol–water partition coefficient (Wildman–Crippen LogP) is 3.37. The van der Waals surface area contributed by atoms with E-state index in [2.05, 4.69) is 5.32 Å². The topological polar surface area (TPSA) is 52.6 Å². The van der Waals surface area contributed by atoms with Crippen LogP contribution < -0.4 is 5.32 Å². The Morgan fingerprint density at radius 2 is 2.00 bits per heavy atom. The summed E-state index contributed by atoms with van der Waals surface area (Å²) in [5.74, 6) is 0.233. The summed E-state index contributed by atoms with van der Waals surface area (Å²) in [7, 11) is 0. The van der Waals surface area contributed by atoms with Crippen LogP contribution >= 0.6 is 0 Å². The number of phenolic OH excluding ortho intramolecular Hbond substituents is 1. The second-order valence-electron chi connectivity index (χ2n) is 5.19. The molecule has 0 spiro atoms. The highest BCUT2D eigenvalue weighted by Gasteiger charge is 2.32. The van der Waals surface area contributed by atoms with Gasteiger partial charge in [0.1, 0.15) is 11.9 Å². The van der Waals surface area contributed by atoms with Crippen molar-refractivity contribution >= 4 is 11.6 Å². The Morgan fingerprint density at radius 3 is 2.76 bits per heavy atom. The number of nitrogens with one attached hydrogen (secondary N) is 1. The van der Waals surface area contributed by atoms with Crippen molar-refractivity contribution in [3.63, 3.8) is 0 Å². The van der Waals surface area contributed by atoms with Gasteiger partial charge in [0.2, 0.25) is 0 Å². The number of benzene rings is 2. The van der Waals surface area contributed by atoms with Crippen LogP contribution in [0.3, 0.4) is 0 Å². The number of amides is 1. The number of fused-ring (bicyclic) bond motifs is 1. The predicted molar refractivity (Wildman–Crippen MR) is 82.2 cm³/mol. The minimum atomic E-state index is -0.251. The van der Waals surface area contributed by atoms with Crippen molar-refractivity contribution in [2.75, 3.05) is 11.9 Å². The summed E-state index contributed by atoms with van der Waals surface area (Å²) in [5.41, 5.74) is 2.41. The lowest BCUT2D eigenvalue weighted by atomic mass is 10.0. The number of carbonyl (C=O) groups is 1. The number of phenols is 1. The molecule has 3 rings (SSSR count). The Morgan fingerprint density at radius 1 is 1.19 bits per heavy atom. The molecule has 4 nitrogen and oxygen atoms in total. The van der Waals surface area contributed by atoms with Gasteiger partial charge in [0.15, 0.2) is 0 Å². The van der Waals surface area contributed by atoms with E-state index in [-0.39, 0.29) is 17.8 Å². The Labute approximate surface area is 124 Å². The second-order valence-corrected chi connectivity index (χ2v) is 5.19. The van der Waals surface area contributed by atoms with E-state index in [9.17, 15) is 9.90 Å². The highest BCUT2D eigenvalue weighted by molar-refractivity contribution is 6.01. The van der Waals surface area contributed by atoms with Crippen molar-refractivity contribution in [3.8, 4) is 5.75 Å². The van der Waals surface area contributed by atoms with Gasteiger partial charge in [-0.3, -0.25) is 4.79 Å². The molecule has 1 amide bonds. The van der Waals surface area contributed by atoms with Crippen LogP contribution in [0.1, 0.15) is 35.4 Å². The van der Waals surface area contributed by atoms with Crippen LogP contribution in [0.5, 0.6) is 5.75 Å². The molecule has 2 aromatic carbocycles. The maximum Gasteiger partial charge on any atom is 0.257 e. The van der Waals surface area contributed by atoms with Gasteiger partial charge in [-0.1, -0.05) is 31.2 Å². The lowest BCUT2D eigenvalue weighted by Crippen LogP contribution is -2.43. The van der Waals surface area contributed by atoms with Gasteiger partial charge in [-0.2, -0.15) is 0 Å². The summed E-state index contributed by atoms with van der Waals surface area (Å²) in [4.78, 5) is 14.5. The molecule has 21 heavy (non-hydrogen) atoms. The van der Waals surface area contributed by atoms with Gasteiger partial charge in [0.05, 0.1) is 5.56 Å². The maximum atomic E-state index is 12.7. The van der Waals surface area contributed by atoms with Crippen LogP contribution in [-0.2, 0) is 0 Å². The van der Waals surface area contributed by atoms with Gasteiger partial charge in [-0.05, 0) is 36.2 Å². The summed E-state index contributed by atoms with van der Waals surface area (Å²) < 4.78 is 0. The molecule has 1 aliphatic rings. The molecule has 108 valence electrons.